The molecule has 2 nitrogen and oxygen atoms in total. The van der Waals surface area contributed by atoms with Crippen LogP contribution in [0.4, 0.5) is 0 Å². The Hall–Kier alpha value is -1.40. The third-order valence-corrected chi connectivity index (χ3v) is 3.77. The Morgan fingerprint density at radius 1 is 1.33 bits per heavy atom. The van der Waals surface area contributed by atoms with Crippen molar-refractivity contribution in [3.8, 4) is 12.3 Å². The molecular formula is C15H17NOS. The number of ether oxygens (including phenoxy) is 1. The fourth-order valence-corrected chi connectivity index (χ4v) is 2.62. The van der Waals surface area contributed by atoms with Crippen molar-refractivity contribution in [2.75, 3.05) is 6.61 Å². The maximum absolute atomic E-state index is 5.59. The number of benzene rings is 1. The first-order valence-electron chi connectivity index (χ1n) is 6.28. The molecule has 18 heavy (non-hydrogen) atoms. The highest BCUT2D eigenvalue weighted by molar-refractivity contribution is 7.98. The summed E-state index contributed by atoms with van der Waals surface area (Å²) in [6.45, 7) is 0.707. The number of rotatable bonds is 4. The molecule has 1 aromatic carbocycles. The molecule has 0 N–H and O–H groups in total. The van der Waals surface area contributed by atoms with Gasteiger partial charge in [0, 0.05) is 16.8 Å². The summed E-state index contributed by atoms with van der Waals surface area (Å²) in [5.74, 6) is 3.56. The lowest BCUT2D eigenvalue weighted by molar-refractivity contribution is 0.244. The molecule has 3 heteroatoms. The Balaban J connectivity index is 1.82. The Kier molecular flexibility index (Phi) is 5.16. The van der Waals surface area contributed by atoms with Crippen molar-refractivity contribution in [1.82, 2.24) is 0 Å². The summed E-state index contributed by atoms with van der Waals surface area (Å²) < 4.78 is 9.84. The second-order valence-corrected chi connectivity index (χ2v) is 5.24. The molecule has 1 aromatic rings. The summed E-state index contributed by atoms with van der Waals surface area (Å²) in [5, 5.41) is 0. The second-order valence-electron chi connectivity index (χ2n) is 4.41. The van der Waals surface area contributed by atoms with Crippen LogP contribution in [0.1, 0.15) is 25.7 Å². The van der Waals surface area contributed by atoms with Crippen LogP contribution >= 0.6 is 11.9 Å². The van der Waals surface area contributed by atoms with Gasteiger partial charge in [-0.2, -0.15) is 4.40 Å². The number of hydrogen-bond acceptors (Lipinski definition) is 3. The van der Waals surface area contributed by atoms with Crippen molar-refractivity contribution in [2.45, 2.75) is 30.6 Å². The van der Waals surface area contributed by atoms with E-state index >= 15 is 0 Å². The van der Waals surface area contributed by atoms with Crippen molar-refractivity contribution >= 4 is 17.8 Å². The van der Waals surface area contributed by atoms with Crippen LogP contribution in [0.15, 0.2) is 39.6 Å². The molecule has 0 bridgehead atoms. The molecule has 0 aliphatic heterocycles. The van der Waals surface area contributed by atoms with Gasteiger partial charge >= 0.3 is 0 Å². The Morgan fingerprint density at radius 2 is 2.06 bits per heavy atom. The van der Waals surface area contributed by atoms with Crippen LogP contribution < -0.4 is 0 Å². The summed E-state index contributed by atoms with van der Waals surface area (Å²) in [6, 6.07) is 9.94. The van der Waals surface area contributed by atoms with E-state index in [1.165, 1.54) is 37.6 Å². The maximum Gasteiger partial charge on any atom is 0.275 e. The van der Waals surface area contributed by atoms with E-state index in [-0.39, 0.29) is 0 Å². The largest absolute Gasteiger partial charge is 0.471 e. The van der Waals surface area contributed by atoms with E-state index in [0.717, 1.165) is 4.90 Å². The van der Waals surface area contributed by atoms with Gasteiger partial charge in [0.15, 0.2) is 0 Å². The molecule has 2 rings (SSSR count). The number of nitrogens with zero attached hydrogens (tertiary/aromatic N) is 1. The summed E-state index contributed by atoms with van der Waals surface area (Å²) >= 11 is 1.36. The zero-order valence-corrected chi connectivity index (χ0v) is 11.2. The molecule has 0 atom stereocenters. The van der Waals surface area contributed by atoms with E-state index in [9.17, 15) is 0 Å². The third-order valence-electron chi connectivity index (χ3n) is 3.03. The van der Waals surface area contributed by atoms with E-state index in [4.69, 9.17) is 11.2 Å². The smallest absolute Gasteiger partial charge is 0.275 e. The molecule has 0 saturated heterocycles. The number of hydrogen-bond donors (Lipinski definition) is 0. The number of terminal acetylenes is 1. The average Bonchev–Trinajstić information content (AvgIpc) is 2.93. The molecule has 1 aliphatic carbocycles. The molecule has 1 fully saturated rings. The van der Waals surface area contributed by atoms with Gasteiger partial charge in [-0.05, 0) is 36.8 Å². The SMILES string of the molecule is C#CC(=NSc1ccccc1)OCC1CCCC1. The van der Waals surface area contributed by atoms with Crippen LogP contribution in [0.25, 0.3) is 0 Å². The van der Waals surface area contributed by atoms with Crippen LogP contribution in [-0.2, 0) is 4.74 Å². The lowest BCUT2D eigenvalue weighted by Crippen LogP contribution is -2.10. The van der Waals surface area contributed by atoms with Crippen LogP contribution in [0, 0.1) is 18.3 Å². The molecule has 1 saturated carbocycles. The normalized spacial score (nSPS) is 16.5. The van der Waals surface area contributed by atoms with Crippen LogP contribution in [0.2, 0.25) is 0 Å². The van der Waals surface area contributed by atoms with Gasteiger partial charge in [-0.3, -0.25) is 0 Å². The van der Waals surface area contributed by atoms with Crippen LogP contribution in [0.5, 0.6) is 0 Å². The quantitative estimate of drug-likeness (QED) is 0.353. The van der Waals surface area contributed by atoms with E-state index in [1.807, 2.05) is 30.3 Å². The monoisotopic (exact) mass is 259 g/mol. The lowest BCUT2D eigenvalue weighted by Gasteiger charge is -2.09. The maximum atomic E-state index is 5.59. The molecule has 0 unspecified atom stereocenters. The minimum atomic E-state index is 0.399. The van der Waals surface area contributed by atoms with Gasteiger partial charge < -0.3 is 4.74 Å². The van der Waals surface area contributed by atoms with Gasteiger partial charge in [-0.25, -0.2) is 0 Å². The molecular weight excluding hydrogens is 242 g/mol. The molecule has 94 valence electrons. The van der Waals surface area contributed by atoms with Gasteiger partial charge in [-0.1, -0.05) is 31.0 Å². The molecule has 0 aromatic heterocycles. The fraction of sp³-hybridized carbons (Fsp3) is 0.400. The highest BCUT2D eigenvalue weighted by Crippen LogP contribution is 2.25. The zero-order valence-electron chi connectivity index (χ0n) is 10.3. The van der Waals surface area contributed by atoms with Crippen molar-refractivity contribution in [2.24, 2.45) is 10.3 Å². The van der Waals surface area contributed by atoms with E-state index in [2.05, 4.69) is 10.3 Å². The highest BCUT2D eigenvalue weighted by atomic mass is 32.2. The minimum Gasteiger partial charge on any atom is -0.471 e. The fourth-order valence-electron chi connectivity index (χ4n) is 2.04. The van der Waals surface area contributed by atoms with Gasteiger partial charge in [0.05, 0.1) is 6.61 Å². The van der Waals surface area contributed by atoms with E-state index < -0.39 is 0 Å². The Bertz CT molecular complexity index is 430. The van der Waals surface area contributed by atoms with Crippen molar-refractivity contribution in [3.63, 3.8) is 0 Å². The third kappa shape index (κ3) is 4.12. The first-order chi connectivity index (χ1) is 8.88. The minimum absolute atomic E-state index is 0.399. The summed E-state index contributed by atoms with van der Waals surface area (Å²) in [6.07, 6.45) is 10.5. The van der Waals surface area contributed by atoms with Gasteiger partial charge in [0.1, 0.15) is 0 Å². The summed E-state index contributed by atoms with van der Waals surface area (Å²) in [4.78, 5) is 1.06. The second kappa shape index (κ2) is 7.13. The Morgan fingerprint density at radius 3 is 2.72 bits per heavy atom. The van der Waals surface area contributed by atoms with Crippen molar-refractivity contribution < 1.29 is 4.74 Å². The van der Waals surface area contributed by atoms with Crippen LogP contribution in [-0.4, -0.2) is 12.5 Å². The topological polar surface area (TPSA) is 21.6 Å². The highest BCUT2D eigenvalue weighted by Gasteiger charge is 2.15. The first kappa shape index (κ1) is 13.0. The lowest BCUT2D eigenvalue weighted by atomic mass is 10.1. The van der Waals surface area contributed by atoms with Gasteiger partial charge in [0.25, 0.3) is 5.90 Å². The van der Waals surface area contributed by atoms with Crippen molar-refractivity contribution in [1.29, 1.82) is 0 Å². The Labute approximate surface area is 113 Å². The molecule has 0 spiro atoms. The molecule has 0 amide bonds. The molecule has 1 aliphatic rings. The zero-order chi connectivity index (χ0) is 12.6. The summed E-state index contributed by atoms with van der Waals surface area (Å²) in [5.41, 5.74) is 0. The average molecular weight is 259 g/mol. The van der Waals surface area contributed by atoms with E-state index in [0.29, 0.717) is 18.4 Å². The van der Waals surface area contributed by atoms with Gasteiger partial charge in [0.2, 0.25) is 0 Å². The first-order valence-corrected chi connectivity index (χ1v) is 7.05. The van der Waals surface area contributed by atoms with Crippen LogP contribution in [0.3, 0.4) is 0 Å². The van der Waals surface area contributed by atoms with Gasteiger partial charge in [-0.15, -0.1) is 6.42 Å². The predicted molar refractivity (Wildman–Crippen MR) is 76.5 cm³/mol. The predicted octanol–water partition coefficient (Wildman–Crippen LogP) is 3.93. The van der Waals surface area contributed by atoms with Crippen molar-refractivity contribution in [3.05, 3.63) is 30.3 Å². The molecule has 0 heterocycles. The standard InChI is InChI=1S/C15H17NOS/c1-2-15(17-12-13-8-6-7-9-13)16-18-14-10-4-3-5-11-14/h1,3-5,10-11,13H,6-9,12H2. The molecule has 0 radical (unpaired) electrons. The van der Waals surface area contributed by atoms with E-state index in [1.54, 1.807) is 0 Å². The summed E-state index contributed by atoms with van der Waals surface area (Å²) in [7, 11) is 0.